The van der Waals surface area contributed by atoms with E-state index in [1.807, 2.05) is 24.3 Å². The minimum Gasteiger partial charge on any atom is -0.399 e. The van der Waals surface area contributed by atoms with Crippen LogP contribution in [0.5, 0.6) is 0 Å². The lowest BCUT2D eigenvalue weighted by atomic mass is 10.1. The van der Waals surface area contributed by atoms with Gasteiger partial charge in [0, 0.05) is 5.69 Å². The summed E-state index contributed by atoms with van der Waals surface area (Å²) in [6, 6.07) is 13.8. The Balaban J connectivity index is 1.92. The molecule has 1 atom stereocenters. The summed E-state index contributed by atoms with van der Waals surface area (Å²) >= 11 is 6.06. The molecule has 4 heteroatoms. The van der Waals surface area contributed by atoms with Gasteiger partial charge in [-0.05, 0) is 48.2 Å². The van der Waals surface area contributed by atoms with Crippen molar-refractivity contribution in [3.8, 4) is 6.07 Å². The lowest BCUT2D eigenvalue weighted by Crippen LogP contribution is -2.08. The van der Waals surface area contributed by atoms with Crippen LogP contribution in [-0.2, 0) is 6.42 Å². The number of nitrogens with one attached hydrogen (secondary N) is 1. The summed E-state index contributed by atoms with van der Waals surface area (Å²) in [6.45, 7) is 0. The fraction of sp³-hybridized carbons (Fsp3) is 0.188. The van der Waals surface area contributed by atoms with Crippen molar-refractivity contribution in [2.75, 3.05) is 11.1 Å². The van der Waals surface area contributed by atoms with Gasteiger partial charge in [-0.15, -0.1) is 0 Å². The lowest BCUT2D eigenvalue weighted by Gasteiger charge is -2.17. The Kier molecular flexibility index (Phi) is 3.25. The predicted octanol–water partition coefficient (Wildman–Crippen LogP) is 3.89. The minimum absolute atomic E-state index is 0.205. The van der Waals surface area contributed by atoms with E-state index in [-0.39, 0.29) is 6.04 Å². The first-order valence-corrected chi connectivity index (χ1v) is 6.90. The number of nitrogens with zero attached hydrogens (tertiary/aromatic N) is 1. The van der Waals surface area contributed by atoms with Crippen molar-refractivity contribution < 1.29 is 0 Å². The molecule has 3 N–H and O–H groups in total. The number of aryl methyl sites for hydroxylation is 1. The van der Waals surface area contributed by atoms with E-state index in [0.29, 0.717) is 10.6 Å². The van der Waals surface area contributed by atoms with Crippen molar-refractivity contribution in [3.05, 3.63) is 58.1 Å². The first-order valence-electron chi connectivity index (χ1n) is 6.52. The number of halogens is 1. The zero-order chi connectivity index (χ0) is 14.1. The van der Waals surface area contributed by atoms with E-state index >= 15 is 0 Å². The molecule has 0 heterocycles. The molecule has 0 bridgehead atoms. The number of hydrogen-bond acceptors (Lipinski definition) is 3. The van der Waals surface area contributed by atoms with Crippen molar-refractivity contribution in [1.29, 1.82) is 5.26 Å². The summed E-state index contributed by atoms with van der Waals surface area (Å²) in [6.07, 6.45) is 2.00. The smallest absolute Gasteiger partial charge is 0.103 e. The minimum atomic E-state index is 0.205. The Morgan fingerprint density at radius 2 is 2.15 bits per heavy atom. The highest BCUT2D eigenvalue weighted by Crippen LogP contribution is 2.36. The number of fused-ring (bicyclic) bond motifs is 1. The molecule has 0 spiro atoms. The molecular weight excluding hydrogens is 270 g/mol. The molecule has 2 aromatic carbocycles. The van der Waals surface area contributed by atoms with Crippen molar-refractivity contribution in [2.24, 2.45) is 0 Å². The molecule has 1 aliphatic carbocycles. The second-order valence-corrected chi connectivity index (χ2v) is 5.38. The molecule has 20 heavy (non-hydrogen) atoms. The quantitative estimate of drug-likeness (QED) is 0.822. The number of nitrogen functional groups attached to an aromatic ring is 1. The van der Waals surface area contributed by atoms with E-state index in [1.165, 1.54) is 11.1 Å². The summed E-state index contributed by atoms with van der Waals surface area (Å²) in [5.41, 5.74) is 10.4. The van der Waals surface area contributed by atoms with Gasteiger partial charge in [0.15, 0.2) is 0 Å². The highest BCUT2D eigenvalue weighted by molar-refractivity contribution is 6.32. The molecule has 0 aromatic heterocycles. The third-order valence-corrected chi connectivity index (χ3v) is 4.01. The highest BCUT2D eigenvalue weighted by atomic mass is 35.5. The predicted molar refractivity (Wildman–Crippen MR) is 81.7 cm³/mol. The topological polar surface area (TPSA) is 61.8 Å². The zero-order valence-electron chi connectivity index (χ0n) is 10.9. The molecular formula is C16H14ClN3. The summed E-state index contributed by atoms with van der Waals surface area (Å²) in [4.78, 5) is 0. The largest absolute Gasteiger partial charge is 0.399 e. The first kappa shape index (κ1) is 12.8. The standard InChI is InChI=1S/C16H14ClN3/c17-14-2-1-3-15(13(14)9-18)20-16-7-4-10-8-11(19)5-6-12(10)16/h1-3,5-6,8,16,20H,4,7,19H2. The maximum atomic E-state index is 9.21. The molecule has 0 aliphatic heterocycles. The molecule has 100 valence electrons. The third-order valence-electron chi connectivity index (χ3n) is 3.70. The lowest BCUT2D eigenvalue weighted by molar-refractivity contribution is 0.762. The monoisotopic (exact) mass is 283 g/mol. The Labute approximate surface area is 123 Å². The van der Waals surface area contributed by atoms with Crippen molar-refractivity contribution in [3.63, 3.8) is 0 Å². The van der Waals surface area contributed by atoms with E-state index < -0.39 is 0 Å². The molecule has 0 saturated carbocycles. The van der Waals surface area contributed by atoms with Gasteiger partial charge in [-0.3, -0.25) is 0 Å². The van der Waals surface area contributed by atoms with Gasteiger partial charge in [-0.25, -0.2) is 0 Å². The number of benzene rings is 2. The van der Waals surface area contributed by atoms with Gasteiger partial charge in [-0.2, -0.15) is 5.26 Å². The van der Waals surface area contributed by atoms with Crippen LogP contribution in [0, 0.1) is 11.3 Å². The number of anilines is 2. The average molecular weight is 284 g/mol. The van der Waals surface area contributed by atoms with Crippen LogP contribution in [0.3, 0.4) is 0 Å². The van der Waals surface area contributed by atoms with E-state index in [2.05, 4.69) is 17.5 Å². The van der Waals surface area contributed by atoms with Crippen molar-refractivity contribution in [1.82, 2.24) is 0 Å². The van der Waals surface area contributed by atoms with Gasteiger partial charge in [-0.1, -0.05) is 23.7 Å². The van der Waals surface area contributed by atoms with Crippen LogP contribution in [0.25, 0.3) is 0 Å². The zero-order valence-corrected chi connectivity index (χ0v) is 11.6. The van der Waals surface area contributed by atoms with Gasteiger partial charge in [0.05, 0.1) is 22.3 Å². The molecule has 0 radical (unpaired) electrons. The van der Waals surface area contributed by atoms with E-state index in [4.69, 9.17) is 17.3 Å². The normalized spacial score (nSPS) is 16.5. The Bertz CT molecular complexity index is 703. The number of hydrogen-bond donors (Lipinski definition) is 2. The van der Waals surface area contributed by atoms with E-state index in [9.17, 15) is 5.26 Å². The Hall–Kier alpha value is -2.18. The van der Waals surface area contributed by atoms with Gasteiger partial charge < -0.3 is 11.1 Å². The van der Waals surface area contributed by atoms with Gasteiger partial charge in [0.25, 0.3) is 0 Å². The molecule has 0 saturated heterocycles. The number of nitrogens with two attached hydrogens (primary N) is 1. The van der Waals surface area contributed by atoms with Crippen LogP contribution in [-0.4, -0.2) is 0 Å². The highest BCUT2D eigenvalue weighted by Gasteiger charge is 2.23. The second kappa shape index (κ2) is 5.07. The van der Waals surface area contributed by atoms with Crippen LogP contribution in [0.1, 0.15) is 29.2 Å². The molecule has 3 nitrogen and oxygen atoms in total. The van der Waals surface area contributed by atoms with E-state index in [1.54, 1.807) is 6.07 Å². The van der Waals surface area contributed by atoms with Crippen LogP contribution in [0.2, 0.25) is 5.02 Å². The van der Waals surface area contributed by atoms with Crippen LogP contribution < -0.4 is 11.1 Å². The SMILES string of the molecule is N#Cc1c(Cl)cccc1NC1CCc2cc(N)ccc21. The van der Waals surface area contributed by atoms with Crippen molar-refractivity contribution >= 4 is 23.0 Å². The summed E-state index contributed by atoms with van der Waals surface area (Å²) in [5.74, 6) is 0. The van der Waals surface area contributed by atoms with Gasteiger partial charge in [0.1, 0.15) is 6.07 Å². The Morgan fingerprint density at radius 1 is 1.30 bits per heavy atom. The fourth-order valence-electron chi connectivity index (χ4n) is 2.73. The van der Waals surface area contributed by atoms with Crippen LogP contribution >= 0.6 is 11.6 Å². The van der Waals surface area contributed by atoms with E-state index in [0.717, 1.165) is 24.2 Å². The first-order chi connectivity index (χ1) is 9.69. The van der Waals surface area contributed by atoms with Crippen LogP contribution in [0.15, 0.2) is 36.4 Å². The molecule has 0 fully saturated rings. The van der Waals surface area contributed by atoms with Crippen molar-refractivity contribution in [2.45, 2.75) is 18.9 Å². The second-order valence-electron chi connectivity index (χ2n) is 4.97. The Morgan fingerprint density at radius 3 is 2.95 bits per heavy atom. The molecule has 0 amide bonds. The fourth-order valence-corrected chi connectivity index (χ4v) is 2.95. The van der Waals surface area contributed by atoms with Gasteiger partial charge >= 0.3 is 0 Å². The average Bonchev–Trinajstić information content (AvgIpc) is 2.81. The summed E-state index contributed by atoms with van der Waals surface area (Å²) in [7, 11) is 0. The molecule has 1 aliphatic rings. The summed E-state index contributed by atoms with van der Waals surface area (Å²) in [5, 5.41) is 13.1. The number of rotatable bonds is 2. The van der Waals surface area contributed by atoms with Gasteiger partial charge in [0.2, 0.25) is 0 Å². The molecule has 2 aromatic rings. The number of nitriles is 1. The third kappa shape index (κ3) is 2.19. The molecule has 3 rings (SSSR count). The molecule has 1 unspecified atom stereocenters. The summed E-state index contributed by atoms with van der Waals surface area (Å²) < 4.78 is 0. The maximum absolute atomic E-state index is 9.21. The van der Waals surface area contributed by atoms with Crippen LogP contribution in [0.4, 0.5) is 11.4 Å². The maximum Gasteiger partial charge on any atom is 0.103 e.